The van der Waals surface area contributed by atoms with Crippen LogP contribution in [0.4, 0.5) is 23.3 Å². The number of nitrogen functional groups attached to an aromatic ring is 1. The number of hydrogen-bond donors (Lipinski definition) is 1. The zero-order valence-electron chi connectivity index (χ0n) is 17.4. The van der Waals surface area contributed by atoms with Crippen molar-refractivity contribution in [3.05, 3.63) is 61.2 Å². The Kier molecular flexibility index (Phi) is 4.70. The summed E-state index contributed by atoms with van der Waals surface area (Å²) in [5, 5.41) is 0. The monoisotopic (exact) mass is 413 g/mol. The van der Waals surface area contributed by atoms with Crippen molar-refractivity contribution < 1.29 is 0 Å². The normalized spacial score (nSPS) is 13.2. The van der Waals surface area contributed by atoms with E-state index >= 15 is 0 Å². The molecule has 9 nitrogen and oxygen atoms in total. The first-order chi connectivity index (χ1) is 15.1. The predicted molar refractivity (Wildman–Crippen MR) is 121 cm³/mol. The van der Waals surface area contributed by atoms with E-state index in [1.807, 2.05) is 54.5 Å². The largest absolute Gasteiger partial charge is 0.370 e. The van der Waals surface area contributed by atoms with Crippen LogP contribution >= 0.6 is 0 Å². The van der Waals surface area contributed by atoms with Crippen LogP contribution in [0, 0.1) is 0 Å². The molecule has 0 radical (unpaired) electrons. The Bertz CT molecular complexity index is 1200. The lowest BCUT2D eigenvalue weighted by Crippen LogP contribution is -2.20. The number of para-hydroxylation sites is 1. The second kappa shape index (κ2) is 7.67. The minimum Gasteiger partial charge on any atom is -0.370 e. The van der Waals surface area contributed by atoms with E-state index in [0.29, 0.717) is 17.9 Å². The van der Waals surface area contributed by atoms with Gasteiger partial charge in [0.2, 0.25) is 17.8 Å². The molecule has 0 unspecified atom stereocenters. The lowest BCUT2D eigenvalue weighted by molar-refractivity contribution is 0.887. The van der Waals surface area contributed by atoms with Crippen molar-refractivity contribution in [1.82, 2.24) is 29.5 Å². The maximum atomic E-state index is 5.99. The van der Waals surface area contributed by atoms with E-state index in [1.165, 1.54) is 12.8 Å². The van der Waals surface area contributed by atoms with Crippen LogP contribution in [0.2, 0.25) is 0 Å². The van der Waals surface area contributed by atoms with E-state index in [1.54, 1.807) is 17.1 Å². The molecule has 0 amide bonds. The average molecular weight is 413 g/mol. The molecule has 9 heteroatoms. The number of imidazole rings is 1. The van der Waals surface area contributed by atoms with Crippen LogP contribution in [0.15, 0.2) is 61.2 Å². The molecule has 156 valence electrons. The number of rotatable bonds is 6. The molecule has 1 saturated carbocycles. The topological polar surface area (TPSA) is 102 Å². The van der Waals surface area contributed by atoms with E-state index in [4.69, 9.17) is 5.73 Å². The van der Waals surface area contributed by atoms with Gasteiger partial charge < -0.3 is 15.5 Å². The Labute approximate surface area is 180 Å². The summed E-state index contributed by atoms with van der Waals surface area (Å²) < 4.78 is 1.74. The van der Waals surface area contributed by atoms with Crippen molar-refractivity contribution in [1.29, 1.82) is 0 Å². The first-order valence-corrected chi connectivity index (χ1v) is 10.1. The van der Waals surface area contributed by atoms with Crippen LogP contribution in [0.25, 0.3) is 17.3 Å². The van der Waals surface area contributed by atoms with Crippen LogP contribution < -0.4 is 15.5 Å². The molecular formula is C22H23N9. The average Bonchev–Trinajstić information content (AvgIpc) is 3.54. The Hall–Kier alpha value is -4.01. The van der Waals surface area contributed by atoms with Crippen LogP contribution in [-0.4, -0.2) is 49.6 Å². The molecule has 3 aromatic heterocycles. The van der Waals surface area contributed by atoms with Crippen molar-refractivity contribution in [2.75, 3.05) is 29.6 Å². The fourth-order valence-electron chi connectivity index (χ4n) is 3.49. The Morgan fingerprint density at radius 1 is 0.968 bits per heavy atom. The van der Waals surface area contributed by atoms with Gasteiger partial charge in [-0.15, -0.1) is 0 Å². The van der Waals surface area contributed by atoms with Gasteiger partial charge >= 0.3 is 0 Å². The van der Waals surface area contributed by atoms with Gasteiger partial charge in [-0.3, -0.25) is 9.55 Å². The Balaban J connectivity index is 1.49. The first-order valence-electron chi connectivity index (χ1n) is 10.1. The molecule has 1 aliphatic rings. The third-order valence-corrected chi connectivity index (χ3v) is 5.39. The number of hydrogen-bond acceptors (Lipinski definition) is 8. The molecule has 4 aromatic rings. The Morgan fingerprint density at radius 3 is 2.55 bits per heavy atom. The lowest BCUT2D eigenvalue weighted by Gasteiger charge is -2.20. The van der Waals surface area contributed by atoms with E-state index in [9.17, 15) is 0 Å². The van der Waals surface area contributed by atoms with Crippen molar-refractivity contribution in [2.24, 2.45) is 0 Å². The maximum absolute atomic E-state index is 5.99. The summed E-state index contributed by atoms with van der Waals surface area (Å²) in [6.45, 7) is 0. The fourth-order valence-corrected chi connectivity index (χ4v) is 3.49. The van der Waals surface area contributed by atoms with Gasteiger partial charge in [0.25, 0.3) is 0 Å². The van der Waals surface area contributed by atoms with E-state index < -0.39 is 0 Å². The number of benzene rings is 1. The van der Waals surface area contributed by atoms with Gasteiger partial charge in [0, 0.05) is 38.2 Å². The highest BCUT2D eigenvalue weighted by Crippen LogP contribution is 2.35. The van der Waals surface area contributed by atoms with Crippen molar-refractivity contribution in [3.63, 3.8) is 0 Å². The summed E-state index contributed by atoms with van der Waals surface area (Å²) in [5.74, 6) is 0.998. The molecule has 31 heavy (non-hydrogen) atoms. The molecule has 2 N–H and O–H groups in total. The number of nitrogens with zero attached hydrogens (tertiary/aromatic N) is 8. The molecule has 0 bridgehead atoms. The molecular weight excluding hydrogens is 390 g/mol. The van der Waals surface area contributed by atoms with Gasteiger partial charge in [-0.05, 0) is 37.1 Å². The summed E-state index contributed by atoms with van der Waals surface area (Å²) in [7, 11) is 3.99. The second-order valence-corrected chi connectivity index (χ2v) is 7.57. The molecule has 1 aliphatic carbocycles. The van der Waals surface area contributed by atoms with Crippen LogP contribution in [0.1, 0.15) is 12.8 Å². The molecule has 0 saturated heterocycles. The zero-order valence-corrected chi connectivity index (χ0v) is 17.4. The quantitative estimate of drug-likeness (QED) is 0.515. The molecule has 3 heterocycles. The maximum Gasteiger partial charge on any atom is 0.241 e. The predicted octanol–water partition coefficient (Wildman–Crippen LogP) is 3.07. The van der Waals surface area contributed by atoms with Gasteiger partial charge in [-0.1, -0.05) is 18.2 Å². The van der Waals surface area contributed by atoms with Crippen molar-refractivity contribution in [3.8, 4) is 17.3 Å². The highest BCUT2D eigenvalue weighted by atomic mass is 15.3. The molecule has 1 aromatic carbocycles. The summed E-state index contributed by atoms with van der Waals surface area (Å²) in [6.07, 6.45) is 7.74. The summed E-state index contributed by atoms with van der Waals surface area (Å²) in [5.41, 5.74) is 9.59. The highest BCUT2D eigenvalue weighted by Gasteiger charge is 2.28. The van der Waals surface area contributed by atoms with Crippen molar-refractivity contribution in [2.45, 2.75) is 18.9 Å². The summed E-state index contributed by atoms with van der Waals surface area (Å²) in [4.78, 5) is 26.5. The zero-order chi connectivity index (χ0) is 21.4. The third kappa shape index (κ3) is 3.77. The van der Waals surface area contributed by atoms with Crippen LogP contribution in [0.3, 0.4) is 0 Å². The number of anilines is 4. The first kappa shape index (κ1) is 19.0. The SMILES string of the molecule is CN(c1ccccc1)c1nc(N)nc(-n2cnc(-c3ncccc3N(C)C3CC3)c2)n1. The Morgan fingerprint density at radius 2 is 1.77 bits per heavy atom. The number of nitrogens with two attached hydrogens (primary N) is 1. The fraction of sp³-hybridized carbons (Fsp3) is 0.227. The number of pyridine rings is 1. The lowest BCUT2D eigenvalue weighted by atomic mass is 10.2. The van der Waals surface area contributed by atoms with Crippen LogP contribution in [0.5, 0.6) is 0 Å². The molecule has 0 aliphatic heterocycles. The standard InChI is InChI=1S/C22H23N9/c1-29(16-10-11-16)18-9-6-12-24-19(18)17-13-31(14-25-17)22-27-20(23)26-21(28-22)30(2)15-7-4-3-5-8-15/h3-9,12-14,16H,10-11H2,1-2H3,(H2,23,26,27,28). The molecule has 5 rings (SSSR count). The van der Waals surface area contributed by atoms with E-state index in [-0.39, 0.29) is 5.95 Å². The summed E-state index contributed by atoms with van der Waals surface area (Å²) in [6, 6.07) is 14.4. The second-order valence-electron chi connectivity index (χ2n) is 7.57. The molecule has 0 atom stereocenters. The minimum atomic E-state index is 0.144. The van der Waals surface area contributed by atoms with Gasteiger partial charge in [0.15, 0.2) is 0 Å². The van der Waals surface area contributed by atoms with E-state index in [2.05, 4.69) is 42.9 Å². The van der Waals surface area contributed by atoms with E-state index in [0.717, 1.165) is 22.8 Å². The van der Waals surface area contributed by atoms with Gasteiger partial charge in [0.1, 0.15) is 17.7 Å². The van der Waals surface area contributed by atoms with Gasteiger partial charge in [-0.25, -0.2) is 4.98 Å². The summed E-state index contributed by atoms with van der Waals surface area (Å²) >= 11 is 0. The molecule has 0 spiro atoms. The smallest absolute Gasteiger partial charge is 0.241 e. The molecule has 1 fully saturated rings. The van der Waals surface area contributed by atoms with Crippen molar-refractivity contribution >= 4 is 23.3 Å². The minimum absolute atomic E-state index is 0.144. The van der Waals surface area contributed by atoms with Crippen LogP contribution in [-0.2, 0) is 0 Å². The third-order valence-electron chi connectivity index (χ3n) is 5.39. The highest BCUT2D eigenvalue weighted by molar-refractivity contribution is 5.72. The van der Waals surface area contributed by atoms with Gasteiger partial charge in [0.05, 0.1) is 5.69 Å². The number of aromatic nitrogens is 6. The van der Waals surface area contributed by atoms with Gasteiger partial charge in [-0.2, -0.15) is 15.0 Å².